The number of rotatable bonds is 7. The lowest BCUT2D eigenvalue weighted by atomic mass is 10.1. The quantitative estimate of drug-likeness (QED) is 0.667. The minimum absolute atomic E-state index is 0. The van der Waals surface area contributed by atoms with E-state index in [1.54, 1.807) is 7.05 Å². The van der Waals surface area contributed by atoms with E-state index in [0.29, 0.717) is 19.4 Å². The first-order chi connectivity index (χ1) is 9.84. The highest BCUT2D eigenvalue weighted by Crippen LogP contribution is 2.30. The third-order valence-corrected chi connectivity index (χ3v) is 2.92. The second kappa shape index (κ2) is 9.66. The second-order valence-electron chi connectivity index (χ2n) is 4.65. The molecule has 3 N–H and O–H groups in total. The molecule has 126 valence electrons. The summed E-state index contributed by atoms with van der Waals surface area (Å²) in [4.78, 5) is 11.4. The van der Waals surface area contributed by atoms with E-state index < -0.39 is 17.8 Å². The van der Waals surface area contributed by atoms with E-state index >= 15 is 0 Å². The molecule has 0 fully saturated rings. The molecule has 0 radical (unpaired) electrons. The Hall–Kier alpha value is -1.31. The molecule has 0 aliphatic heterocycles. The van der Waals surface area contributed by atoms with Crippen LogP contribution in [0.4, 0.5) is 13.2 Å². The number of halogens is 4. The number of carbonyl (C=O) groups is 1. The van der Waals surface area contributed by atoms with Gasteiger partial charge in [-0.25, -0.2) is 0 Å². The average Bonchev–Trinajstić information content (AvgIpc) is 2.44. The fraction of sp³-hybridized carbons (Fsp3) is 0.500. The van der Waals surface area contributed by atoms with Crippen LogP contribution in [0.15, 0.2) is 24.3 Å². The highest BCUT2D eigenvalue weighted by Gasteiger charge is 2.30. The Kier molecular flexibility index (Phi) is 9.08. The highest BCUT2D eigenvalue weighted by atomic mass is 35.5. The number of carbonyl (C=O) groups excluding carboxylic acids is 1. The Balaban J connectivity index is 0.00000441. The minimum Gasteiger partial charge on any atom is -0.387 e. The molecule has 0 spiro atoms. The summed E-state index contributed by atoms with van der Waals surface area (Å²) in [6, 6.07) is 4.45. The van der Waals surface area contributed by atoms with Crippen molar-refractivity contribution in [2.75, 3.05) is 20.1 Å². The molecule has 1 aromatic rings. The van der Waals surface area contributed by atoms with Crippen LogP contribution in [-0.2, 0) is 11.0 Å². The molecule has 1 amide bonds. The lowest BCUT2D eigenvalue weighted by Gasteiger charge is -2.14. The van der Waals surface area contributed by atoms with Gasteiger partial charge in [0.05, 0.1) is 11.7 Å². The monoisotopic (exact) mass is 340 g/mol. The standard InChI is InChI=1S/C14H19F3N2O2.ClH/c1-18-7-3-6-13(21)19-9-12(20)10-4-2-5-11(8-10)14(15,16)17;/h2,4-5,8,12,18,20H,3,6-7,9H2,1H3,(H,19,21);1H. The summed E-state index contributed by atoms with van der Waals surface area (Å²) in [5.74, 6) is -0.240. The maximum absolute atomic E-state index is 12.6. The van der Waals surface area contributed by atoms with Crippen LogP contribution < -0.4 is 10.6 Å². The zero-order valence-electron chi connectivity index (χ0n) is 12.1. The summed E-state index contributed by atoms with van der Waals surface area (Å²) in [5.41, 5.74) is -0.695. The average molecular weight is 341 g/mol. The number of aliphatic hydroxyl groups is 1. The van der Waals surface area contributed by atoms with Gasteiger partial charge in [-0.05, 0) is 37.7 Å². The molecule has 8 heteroatoms. The van der Waals surface area contributed by atoms with E-state index in [1.165, 1.54) is 12.1 Å². The predicted octanol–water partition coefficient (Wildman–Crippen LogP) is 2.28. The lowest BCUT2D eigenvalue weighted by Crippen LogP contribution is -2.28. The normalized spacial score (nSPS) is 12.4. The van der Waals surface area contributed by atoms with E-state index in [0.717, 1.165) is 12.1 Å². The van der Waals surface area contributed by atoms with Gasteiger partial charge in [-0.1, -0.05) is 12.1 Å². The van der Waals surface area contributed by atoms with Gasteiger partial charge in [-0.2, -0.15) is 13.2 Å². The van der Waals surface area contributed by atoms with E-state index in [1.807, 2.05) is 0 Å². The first-order valence-corrected chi connectivity index (χ1v) is 6.61. The number of amides is 1. The molecular weight excluding hydrogens is 321 g/mol. The second-order valence-corrected chi connectivity index (χ2v) is 4.65. The maximum Gasteiger partial charge on any atom is 0.416 e. The van der Waals surface area contributed by atoms with Gasteiger partial charge in [-0.15, -0.1) is 12.4 Å². The summed E-state index contributed by atoms with van der Waals surface area (Å²) in [5, 5.41) is 15.2. The van der Waals surface area contributed by atoms with E-state index in [-0.39, 0.29) is 30.4 Å². The molecule has 4 nitrogen and oxygen atoms in total. The number of benzene rings is 1. The van der Waals surface area contributed by atoms with Crippen LogP contribution in [0.5, 0.6) is 0 Å². The first-order valence-electron chi connectivity index (χ1n) is 6.61. The Morgan fingerprint density at radius 1 is 1.36 bits per heavy atom. The van der Waals surface area contributed by atoms with Crippen LogP contribution >= 0.6 is 12.4 Å². The van der Waals surface area contributed by atoms with Crippen molar-refractivity contribution in [2.24, 2.45) is 0 Å². The van der Waals surface area contributed by atoms with Crippen molar-refractivity contribution >= 4 is 18.3 Å². The van der Waals surface area contributed by atoms with Crippen molar-refractivity contribution < 1.29 is 23.1 Å². The molecule has 1 unspecified atom stereocenters. The SMILES string of the molecule is CNCCCC(=O)NCC(O)c1cccc(C(F)(F)F)c1.Cl. The molecule has 0 aromatic heterocycles. The van der Waals surface area contributed by atoms with Gasteiger partial charge >= 0.3 is 6.18 Å². The largest absolute Gasteiger partial charge is 0.416 e. The molecule has 0 saturated carbocycles. The van der Waals surface area contributed by atoms with E-state index in [9.17, 15) is 23.1 Å². The molecule has 0 aliphatic carbocycles. The zero-order valence-corrected chi connectivity index (χ0v) is 12.9. The fourth-order valence-electron chi connectivity index (χ4n) is 1.76. The van der Waals surface area contributed by atoms with Crippen LogP contribution in [-0.4, -0.2) is 31.2 Å². The summed E-state index contributed by atoms with van der Waals surface area (Å²) in [6.07, 6.45) is -4.66. The van der Waals surface area contributed by atoms with Crippen molar-refractivity contribution in [1.82, 2.24) is 10.6 Å². The molecule has 0 bridgehead atoms. The summed E-state index contributed by atoms with van der Waals surface area (Å²) < 4.78 is 37.7. The van der Waals surface area contributed by atoms with Gasteiger partial charge in [0.2, 0.25) is 5.91 Å². The Labute approximate surface area is 133 Å². The number of hydrogen-bond donors (Lipinski definition) is 3. The molecule has 22 heavy (non-hydrogen) atoms. The summed E-state index contributed by atoms with van der Waals surface area (Å²) in [6.45, 7) is 0.587. The summed E-state index contributed by atoms with van der Waals surface area (Å²) >= 11 is 0. The van der Waals surface area contributed by atoms with Crippen molar-refractivity contribution in [2.45, 2.75) is 25.1 Å². The maximum atomic E-state index is 12.6. The zero-order chi connectivity index (χ0) is 15.9. The fourth-order valence-corrected chi connectivity index (χ4v) is 1.76. The minimum atomic E-state index is -4.45. The van der Waals surface area contributed by atoms with Gasteiger partial charge in [0.15, 0.2) is 0 Å². The number of hydrogen-bond acceptors (Lipinski definition) is 3. The van der Waals surface area contributed by atoms with Crippen LogP contribution in [0.3, 0.4) is 0 Å². The molecule has 1 aromatic carbocycles. The van der Waals surface area contributed by atoms with Crippen molar-refractivity contribution in [3.8, 4) is 0 Å². The Morgan fingerprint density at radius 3 is 2.64 bits per heavy atom. The van der Waals surface area contributed by atoms with Gasteiger partial charge in [0.1, 0.15) is 0 Å². The molecule has 0 aliphatic rings. The van der Waals surface area contributed by atoms with Crippen molar-refractivity contribution in [3.63, 3.8) is 0 Å². The van der Waals surface area contributed by atoms with Crippen LogP contribution in [0.2, 0.25) is 0 Å². The number of nitrogens with one attached hydrogen (secondary N) is 2. The molecule has 1 atom stereocenters. The van der Waals surface area contributed by atoms with Gasteiger partial charge in [0.25, 0.3) is 0 Å². The third-order valence-electron chi connectivity index (χ3n) is 2.92. The van der Waals surface area contributed by atoms with Crippen molar-refractivity contribution in [3.05, 3.63) is 35.4 Å². The van der Waals surface area contributed by atoms with Gasteiger partial charge in [-0.3, -0.25) is 4.79 Å². The smallest absolute Gasteiger partial charge is 0.387 e. The van der Waals surface area contributed by atoms with Crippen LogP contribution in [0.1, 0.15) is 30.1 Å². The predicted molar refractivity (Wildman–Crippen MR) is 79.8 cm³/mol. The van der Waals surface area contributed by atoms with E-state index in [4.69, 9.17) is 0 Å². The first kappa shape index (κ1) is 20.7. The third kappa shape index (κ3) is 7.11. The molecule has 0 saturated heterocycles. The molecule has 1 rings (SSSR count). The highest BCUT2D eigenvalue weighted by molar-refractivity contribution is 5.85. The molecular formula is C14H20ClF3N2O2. The summed E-state index contributed by atoms with van der Waals surface area (Å²) in [7, 11) is 1.77. The Bertz CT molecular complexity index is 470. The number of alkyl halides is 3. The van der Waals surface area contributed by atoms with Crippen LogP contribution in [0, 0.1) is 0 Å². The van der Waals surface area contributed by atoms with Crippen molar-refractivity contribution in [1.29, 1.82) is 0 Å². The van der Waals surface area contributed by atoms with Gasteiger partial charge < -0.3 is 15.7 Å². The molecule has 0 heterocycles. The Morgan fingerprint density at radius 2 is 2.05 bits per heavy atom. The van der Waals surface area contributed by atoms with E-state index in [2.05, 4.69) is 10.6 Å². The van der Waals surface area contributed by atoms with Gasteiger partial charge in [0, 0.05) is 13.0 Å². The number of aliphatic hydroxyl groups excluding tert-OH is 1. The van der Waals surface area contributed by atoms with Crippen LogP contribution in [0.25, 0.3) is 0 Å². The topological polar surface area (TPSA) is 61.4 Å². The lowest BCUT2D eigenvalue weighted by molar-refractivity contribution is -0.137.